The van der Waals surface area contributed by atoms with Crippen molar-refractivity contribution in [2.45, 2.75) is 59.0 Å². The summed E-state index contributed by atoms with van der Waals surface area (Å²) < 4.78 is 2.23. The van der Waals surface area contributed by atoms with E-state index >= 15 is 0 Å². The van der Waals surface area contributed by atoms with Gasteiger partial charge in [0.05, 0.1) is 0 Å². The van der Waals surface area contributed by atoms with Gasteiger partial charge in [-0.2, -0.15) is 0 Å². The zero-order valence-electron chi connectivity index (χ0n) is 11.0. The van der Waals surface area contributed by atoms with Gasteiger partial charge in [-0.05, 0) is 33.2 Å². The molecule has 0 amide bonds. The van der Waals surface area contributed by atoms with E-state index in [4.69, 9.17) is 0 Å². The second-order valence-corrected chi connectivity index (χ2v) is 4.56. The molecule has 0 aliphatic heterocycles. The summed E-state index contributed by atoms with van der Waals surface area (Å²) >= 11 is 0. The van der Waals surface area contributed by atoms with Gasteiger partial charge in [-0.3, -0.25) is 0 Å². The highest BCUT2D eigenvalue weighted by atomic mass is 15.1. The highest BCUT2D eigenvalue weighted by Gasteiger charge is 2.14. The summed E-state index contributed by atoms with van der Waals surface area (Å²) in [5.74, 6) is 1.74. The van der Waals surface area contributed by atoms with Gasteiger partial charge in [0.25, 0.3) is 0 Å². The van der Waals surface area contributed by atoms with Crippen LogP contribution in [0.2, 0.25) is 0 Å². The van der Waals surface area contributed by atoms with Gasteiger partial charge in [-0.15, -0.1) is 0 Å². The van der Waals surface area contributed by atoms with Crippen molar-refractivity contribution >= 4 is 0 Å². The minimum Gasteiger partial charge on any atom is -0.335 e. The van der Waals surface area contributed by atoms with Crippen LogP contribution in [0.3, 0.4) is 0 Å². The Hall–Kier alpha value is -0.830. The molecular weight excluding hydrogens is 198 g/mol. The lowest BCUT2D eigenvalue weighted by Crippen LogP contribution is -2.28. The summed E-state index contributed by atoms with van der Waals surface area (Å²) in [5.41, 5.74) is 0. The van der Waals surface area contributed by atoms with Gasteiger partial charge < -0.3 is 9.88 Å². The number of rotatable bonds is 7. The van der Waals surface area contributed by atoms with Gasteiger partial charge in [-0.25, -0.2) is 4.98 Å². The van der Waals surface area contributed by atoms with Crippen LogP contribution >= 0.6 is 0 Å². The normalized spacial score (nSPS) is 15.0. The van der Waals surface area contributed by atoms with Crippen LogP contribution in [0.15, 0.2) is 12.4 Å². The first kappa shape index (κ1) is 13.2. The Morgan fingerprint density at radius 3 is 2.75 bits per heavy atom. The average Bonchev–Trinajstić information content (AvgIpc) is 2.74. The van der Waals surface area contributed by atoms with Crippen LogP contribution in [0.25, 0.3) is 0 Å². The van der Waals surface area contributed by atoms with E-state index in [0.717, 1.165) is 19.5 Å². The number of imidazole rings is 1. The van der Waals surface area contributed by atoms with Gasteiger partial charge in [0, 0.05) is 30.9 Å². The van der Waals surface area contributed by atoms with E-state index in [1.54, 1.807) is 0 Å². The Balaban J connectivity index is 2.48. The Morgan fingerprint density at radius 1 is 1.38 bits per heavy atom. The van der Waals surface area contributed by atoms with E-state index in [0.29, 0.717) is 12.0 Å². The predicted octanol–water partition coefficient (Wildman–Crippen LogP) is 2.78. The van der Waals surface area contributed by atoms with E-state index in [-0.39, 0.29) is 0 Å². The molecule has 0 radical (unpaired) electrons. The van der Waals surface area contributed by atoms with Crippen LogP contribution in [-0.4, -0.2) is 22.1 Å². The first-order valence-electron chi connectivity index (χ1n) is 6.43. The molecule has 0 aliphatic carbocycles. The van der Waals surface area contributed by atoms with Crippen molar-refractivity contribution in [3.05, 3.63) is 18.2 Å². The molecule has 0 fully saturated rings. The third-order valence-electron chi connectivity index (χ3n) is 2.98. The van der Waals surface area contributed by atoms with Gasteiger partial charge in [0.2, 0.25) is 0 Å². The lowest BCUT2D eigenvalue weighted by Gasteiger charge is -2.18. The lowest BCUT2D eigenvalue weighted by atomic mass is 10.0. The topological polar surface area (TPSA) is 29.9 Å². The highest BCUT2D eigenvalue weighted by molar-refractivity contribution is 4.99. The molecule has 0 spiro atoms. The van der Waals surface area contributed by atoms with Crippen LogP contribution < -0.4 is 5.32 Å². The number of nitrogens with zero attached hydrogens (tertiary/aromatic N) is 2. The van der Waals surface area contributed by atoms with E-state index in [1.165, 1.54) is 12.2 Å². The number of hydrogen-bond donors (Lipinski definition) is 1. The van der Waals surface area contributed by atoms with Crippen LogP contribution in [-0.2, 0) is 6.54 Å². The molecule has 1 rings (SSSR count). The van der Waals surface area contributed by atoms with Crippen molar-refractivity contribution in [2.24, 2.45) is 0 Å². The highest BCUT2D eigenvalue weighted by Crippen LogP contribution is 2.18. The number of hydrogen-bond acceptors (Lipinski definition) is 2. The van der Waals surface area contributed by atoms with Crippen molar-refractivity contribution in [1.29, 1.82) is 0 Å². The zero-order valence-corrected chi connectivity index (χ0v) is 11.0. The minimum absolute atomic E-state index is 0.523. The zero-order chi connectivity index (χ0) is 12.0. The molecule has 1 N–H and O–H groups in total. The summed E-state index contributed by atoms with van der Waals surface area (Å²) in [4.78, 5) is 4.46. The molecule has 0 saturated carbocycles. The van der Waals surface area contributed by atoms with Gasteiger partial charge in [0.1, 0.15) is 5.82 Å². The quantitative estimate of drug-likeness (QED) is 0.770. The molecular formula is C13H25N3. The maximum atomic E-state index is 4.46. The minimum atomic E-state index is 0.523. The molecule has 0 aromatic carbocycles. The van der Waals surface area contributed by atoms with Crippen molar-refractivity contribution in [3.63, 3.8) is 0 Å². The molecule has 92 valence electrons. The molecule has 3 heteroatoms. The summed E-state index contributed by atoms with van der Waals surface area (Å²) in [6, 6.07) is 0.567. The average molecular weight is 223 g/mol. The second-order valence-electron chi connectivity index (χ2n) is 4.56. The van der Waals surface area contributed by atoms with Gasteiger partial charge >= 0.3 is 0 Å². The fourth-order valence-electron chi connectivity index (χ4n) is 2.13. The third-order valence-corrected chi connectivity index (χ3v) is 2.98. The third kappa shape index (κ3) is 3.63. The maximum absolute atomic E-state index is 4.46. The predicted molar refractivity (Wildman–Crippen MR) is 68.7 cm³/mol. The molecule has 1 aromatic rings. The van der Waals surface area contributed by atoms with Crippen molar-refractivity contribution < 1.29 is 0 Å². The van der Waals surface area contributed by atoms with Crippen molar-refractivity contribution in [3.8, 4) is 0 Å². The maximum Gasteiger partial charge on any atom is 0.111 e. The Kier molecular flexibility index (Phi) is 5.53. The summed E-state index contributed by atoms with van der Waals surface area (Å²) in [7, 11) is 0. The molecule has 1 heterocycles. The molecule has 1 aromatic heterocycles. The van der Waals surface area contributed by atoms with Crippen molar-refractivity contribution in [1.82, 2.24) is 14.9 Å². The monoisotopic (exact) mass is 223 g/mol. The number of nitrogens with one attached hydrogen (secondary N) is 1. The molecule has 0 bridgehead atoms. The molecule has 0 saturated heterocycles. The fourth-order valence-corrected chi connectivity index (χ4v) is 2.13. The molecule has 2 unspecified atom stereocenters. The SMILES string of the molecule is CCCNC(C)CC(C)c1nccn1CC. The second kappa shape index (κ2) is 6.69. The summed E-state index contributed by atoms with van der Waals surface area (Å²) in [6.45, 7) is 11.0. The Bertz CT molecular complexity index is 293. The lowest BCUT2D eigenvalue weighted by molar-refractivity contribution is 0.460. The Labute approximate surface area is 99.3 Å². The first-order chi connectivity index (χ1) is 7.69. The van der Waals surface area contributed by atoms with Gasteiger partial charge in [0.15, 0.2) is 0 Å². The Morgan fingerprint density at radius 2 is 2.12 bits per heavy atom. The largest absolute Gasteiger partial charge is 0.335 e. The first-order valence-corrected chi connectivity index (χ1v) is 6.43. The number of aryl methyl sites for hydroxylation is 1. The fraction of sp³-hybridized carbons (Fsp3) is 0.769. The molecule has 2 atom stereocenters. The van der Waals surface area contributed by atoms with Crippen LogP contribution in [0, 0.1) is 0 Å². The standard InChI is InChI=1S/C13H25N3/c1-5-7-14-12(4)10-11(3)13-15-8-9-16(13)6-2/h8-9,11-12,14H,5-7,10H2,1-4H3. The van der Waals surface area contributed by atoms with Crippen LogP contribution in [0.5, 0.6) is 0 Å². The van der Waals surface area contributed by atoms with Gasteiger partial charge in [-0.1, -0.05) is 13.8 Å². The van der Waals surface area contributed by atoms with E-state index in [9.17, 15) is 0 Å². The summed E-state index contributed by atoms with van der Waals surface area (Å²) in [6.07, 6.45) is 6.31. The number of aromatic nitrogens is 2. The van der Waals surface area contributed by atoms with E-state index in [1.807, 2.05) is 6.20 Å². The molecule has 0 aliphatic rings. The van der Waals surface area contributed by atoms with Crippen LogP contribution in [0.1, 0.15) is 52.3 Å². The van der Waals surface area contributed by atoms with Crippen LogP contribution in [0.4, 0.5) is 0 Å². The van der Waals surface area contributed by atoms with E-state index in [2.05, 4.69) is 48.8 Å². The smallest absolute Gasteiger partial charge is 0.111 e. The van der Waals surface area contributed by atoms with Crippen molar-refractivity contribution in [2.75, 3.05) is 6.54 Å². The summed E-state index contributed by atoms with van der Waals surface area (Å²) in [5, 5.41) is 3.53. The van der Waals surface area contributed by atoms with E-state index < -0.39 is 0 Å². The molecule has 3 nitrogen and oxygen atoms in total. The molecule has 16 heavy (non-hydrogen) atoms.